The summed E-state index contributed by atoms with van der Waals surface area (Å²) in [6.45, 7) is 0.558. The van der Waals surface area contributed by atoms with Gasteiger partial charge in [0, 0.05) is 18.0 Å². The zero-order valence-electron chi connectivity index (χ0n) is 14.0. The third kappa shape index (κ3) is 3.03. The van der Waals surface area contributed by atoms with Gasteiger partial charge in [0.15, 0.2) is 0 Å². The Balaban J connectivity index is 1.60. The average Bonchev–Trinajstić information content (AvgIpc) is 2.65. The number of amides is 1. The van der Waals surface area contributed by atoms with Gasteiger partial charge < -0.3 is 14.7 Å². The molecule has 1 N–H and O–H groups in total. The Kier molecular flexibility index (Phi) is 4.32. The van der Waals surface area contributed by atoms with Gasteiger partial charge in [-0.1, -0.05) is 35.9 Å². The summed E-state index contributed by atoms with van der Waals surface area (Å²) in [6, 6.07) is 12.2. The standard InChI is InChI=1S/C20H18ClNO4/c21-16-5-6-18-14(8-16)7-15(11-26-18)19(23)22-10-13-4-2-1-3-12(13)9-17(22)20(24)25/h1-6,8,15,17H,7,9-11H2,(H,24,25). The van der Waals surface area contributed by atoms with Crippen molar-refractivity contribution in [2.75, 3.05) is 6.61 Å². The molecule has 2 aliphatic rings. The normalized spacial score (nSPS) is 21.3. The van der Waals surface area contributed by atoms with Crippen LogP contribution in [0.15, 0.2) is 42.5 Å². The fourth-order valence-electron chi connectivity index (χ4n) is 3.73. The van der Waals surface area contributed by atoms with Crippen LogP contribution in [-0.4, -0.2) is 34.5 Å². The number of halogens is 1. The van der Waals surface area contributed by atoms with Crippen LogP contribution in [0.2, 0.25) is 5.02 Å². The number of nitrogens with zero attached hydrogens (tertiary/aromatic N) is 1. The van der Waals surface area contributed by atoms with E-state index in [4.69, 9.17) is 16.3 Å². The minimum Gasteiger partial charge on any atom is -0.492 e. The van der Waals surface area contributed by atoms with Crippen molar-refractivity contribution < 1.29 is 19.4 Å². The molecule has 0 fully saturated rings. The summed E-state index contributed by atoms with van der Waals surface area (Å²) in [6.07, 6.45) is 0.826. The lowest BCUT2D eigenvalue weighted by Crippen LogP contribution is -2.52. The van der Waals surface area contributed by atoms with Gasteiger partial charge in [0.2, 0.25) is 5.91 Å². The second-order valence-corrected chi connectivity index (χ2v) is 7.19. The molecule has 0 saturated heterocycles. The monoisotopic (exact) mass is 371 g/mol. The van der Waals surface area contributed by atoms with Gasteiger partial charge in [0.1, 0.15) is 18.4 Å². The van der Waals surface area contributed by atoms with E-state index in [9.17, 15) is 14.7 Å². The van der Waals surface area contributed by atoms with Crippen molar-refractivity contribution in [2.45, 2.75) is 25.4 Å². The highest BCUT2D eigenvalue weighted by Gasteiger charge is 2.38. The smallest absolute Gasteiger partial charge is 0.326 e. The van der Waals surface area contributed by atoms with Crippen LogP contribution in [0, 0.1) is 5.92 Å². The minimum atomic E-state index is -0.979. The van der Waals surface area contributed by atoms with Crippen LogP contribution in [-0.2, 0) is 29.0 Å². The van der Waals surface area contributed by atoms with Gasteiger partial charge in [-0.3, -0.25) is 4.79 Å². The van der Waals surface area contributed by atoms with E-state index in [1.807, 2.05) is 24.3 Å². The van der Waals surface area contributed by atoms with Crippen LogP contribution in [0.5, 0.6) is 5.75 Å². The molecule has 4 rings (SSSR count). The molecule has 5 nitrogen and oxygen atoms in total. The molecule has 2 aromatic carbocycles. The van der Waals surface area contributed by atoms with Crippen molar-refractivity contribution in [1.29, 1.82) is 0 Å². The number of hydrogen-bond donors (Lipinski definition) is 1. The molecule has 0 aromatic heterocycles. The van der Waals surface area contributed by atoms with Gasteiger partial charge in [-0.05, 0) is 41.3 Å². The summed E-state index contributed by atoms with van der Waals surface area (Å²) in [5.41, 5.74) is 2.87. The minimum absolute atomic E-state index is 0.183. The predicted molar refractivity (Wildman–Crippen MR) is 96.3 cm³/mol. The number of ether oxygens (including phenoxy) is 1. The number of aliphatic carboxylic acids is 1. The lowest BCUT2D eigenvalue weighted by molar-refractivity contribution is -0.154. The first-order valence-electron chi connectivity index (χ1n) is 8.54. The fourth-order valence-corrected chi connectivity index (χ4v) is 3.93. The first kappa shape index (κ1) is 16.9. The number of carboxylic acid groups (broad SMARTS) is 1. The molecule has 2 atom stereocenters. The van der Waals surface area contributed by atoms with Crippen molar-refractivity contribution in [3.05, 3.63) is 64.2 Å². The maximum atomic E-state index is 13.1. The number of carbonyl (C=O) groups is 2. The number of fused-ring (bicyclic) bond motifs is 2. The van der Waals surface area contributed by atoms with E-state index in [1.54, 1.807) is 18.2 Å². The van der Waals surface area contributed by atoms with Crippen molar-refractivity contribution >= 4 is 23.5 Å². The Morgan fingerprint density at radius 2 is 1.85 bits per heavy atom. The lowest BCUT2D eigenvalue weighted by atomic mass is 9.90. The van der Waals surface area contributed by atoms with Gasteiger partial charge in [0.05, 0.1) is 5.92 Å². The molecule has 2 heterocycles. The average molecular weight is 372 g/mol. The summed E-state index contributed by atoms with van der Waals surface area (Å²) >= 11 is 6.04. The van der Waals surface area contributed by atoms with Crippen LogP contribution in [0.4, 0.5) is 0 Å². The van der Waals surface area contributed by atoms with Gasteiger partial charge in [-0.2, -0.15) is 0 Å². The Bertz CT molecular complexity index is 882. The van der Waals surface area contributed by atoms with Gasteiger partial charge in [-0.15, -0.1) is 0 Å². The van der Waals surface area contributed by atoms with Crippen molar-refractivity contribution in [3.8, 4) is 5.75 Å². The van der Waals surface area contributed by atoms with Crippen molar-refractivity contribution in [3.63, 3.8) is 0 Å². The predicted octanol–water partition coefficient (Wildman–Crippen LogP) is 2.93. The number of carbonyl (C=O) groups excluding carboxylic acids is 1. The first-order valence-corrected chi connectivity index (χ1v) is 8.92. The molecule has 2 aliphatic heterocycles. The maximum Gasteiger partial charge on any atom is 0.326 e. The third-order valence-corrected chi connectivity index (χ3v) is 5.33. The molecule has 2 unspecified atom stereocenters. The molecule has 134 valence electrons. The number of rotatable bonds is 2. The fraction of sp³-hybridized carbons (Fsp3) is 0.300. The summed E-state index contributed by atoms with van der Waals surface area (Å²) in [4.78, 5) is 26.4. The van der Waals surface area contributed by atoms with Crippen molar-refractivity contribution in [1.82, 2.24) is 4.90 Å². The molecule has 1 amide bonds. The Morgan fingerprint density at radius 3 is 2.62 bits per heavy atom. The van der Waals surface area contributed by atoms with Crippen LogP contribution in [0.1, 0.15) is 16.7 Å². The molecule has 0 radical (unpaired) electrons. The Labute approximate surface area is 156 Å². The van der Waals surface area contributed by atoms with Crippen molar-refractivity contribution in [2.24, 2.45) is 5.92 Å². The third-order valence-electron chi connectivity index (χ3n) is 5.09. The van der Waals surface area contributed by atoms with Gasteiger partial charge >= 0.3 is 5.97 Å². The molecular weight excluding hydrogens is 354 g/mol. The molecular formula is C20H18ClNO4. The summed E-state index contributed by atoms with van der Waals surface area (Å²) in [7, 11) is 0. The SMILES string of the molecule is O=C(O)C1Cc2ccccc2CN1C(=O)C1COc2ccc(Cl)cc2C1. The Morgan fingerprint density at radius 1 is 1.08 bits per heavy atom. The summed E-state index contributed by atoms with van der Waals surface area (Å²) in [5, 5.41) is 10.2. The lowest BCUT2D eigenvalue weighted by Gasteiger charge is -2.37. The maximum absolute atomic E-state index is 13.1. The quantitative estimate of drug-likeness (QED) is 0.881. The Hall–Kier alpha value is -2.53. The zero-order valence-corrected chi connectivity index (χ0v) is 14.8. The first-order chi connectivity index (χ1) is 12.5. The van der Waals surface area contributed by atoms with E-state index in [-0.39, 0.29) is 12.5 Å². The highest BCUT2D eigenvalue weighted by Crippen LogP contribution is 2.32. The second-order valence-electron chi connectivity index (χ2n) is 6.76. The number of hydrogen-bond acceptors (Lipinski definition) is 3. The van der Waals surface area contributed by atoms with E-state index in [1.165, 1.54) is 4.90 Å². The molecule has 0 bridgehead atoms. The van der Waals surface area contributed by atoms with Crippen LogP contribution in [0.3, 0.4) is 0 Å². The van der Waals surface area contributed by atoms with E-state index in [0.717, 1.165) is 22.4 Å². The highest BCUT2D eigenvalue weighted by atomic mass is 35.5. The van der Waals surface area contributed by atoms with Crippen LogP contribution >= 0.6 is 11.6 Å². The van der Waals surface area contributed by atoms with Gasteiger partial charge in [0.25, 0.3) is 0 Å². The molecule has 0 saturated carbocycles. The molecule has 0 spiro atoms. The molecule has 0 aliphatic carbocycles. The molecule has 2 aromatic rings. The molecule has 26 heavy (non-hydrogen) atoms. The van der Waals surface area contributed by atoms with Gasteiger partial charge in [-0.25, -0.2) is 4.79 Å². The largest absolute Gasteiger partial charge is 0.492 e. The van der Waals surface area contributed by atoms with E-state index < -0.39 is 17.9 Å². The van der Waals surface area contributed by atoms with E-state index >= 15 is 0 Å². The van der Waals surface area contributed by atoms with Crippen LogP contribution < -0.4 is 4.74 Å². The van der Waals surface area contributed by atoms with E-state index in [2.05, 4.69) is 0 Å². The van der Waals surface area contributed by atoms with Crippen LogP contribution in [0.25, 0.3) is 0 Å². The number of carboxylic acids is 1. The number of benzene rings is 2. The topological polar surface area (TPSA) is 66.8 Å². The summed E-state index contributed by atoms with van der Waals surface area (Å²) in [5.74, 6) is -0.837. The zero-order chi connectivity index (χ0) is 18.3. The second kappa shape index (κ2) is 6.65. The molecule has 6 heteroatoms. The van der Waals surface area contributed by atoms with E-state index in [0.29, 0.717) is 24.4 Å². The summed E-state index contributed by atoms with van der Waals surface area (Å²) < 4.78 is 5.71. The highest BCUT2D eigenvalue weighted by molar-refractivity contribution is 6.30.